The Morgan fingerprint density at radius 1 is 1.03 bits per heavy atom. The molecule has 0 aliphatic heterocycles. The summed E-state index contributed by atoms with van der Waals surface area (Å²) in [6.45, 7) is 7.49. The molecule has 2 N–H and O–H groups in total. The fourth-order valence-electron chi connectivity index (χ4n) is 3.11. The summed E-state index contributed by atoms with van der Waals surface area (Å²) in [5, 5.41) is 2.87. The van der Waals surface area contributed by atoms with Gasteiger partial charge >= 0.3 is 5.97 Å². The van der Waals surface area contributed by atoms with Crippen molar-refractivity contribution in [3.8, 4) is 0 Å². The van der Waals surface area contributed by atoms with Gasteiger partial charge < -0.3 is 10.1 Å². The number of nitrogens with one attached hydrogen (secondary N) is 2. The maximum atomic E-state index is 12.6. The van der Waals surface area contributed by atoms with Gasteiger partial charge in [0.15, 0.2) is 6.10 Å². The van der Waals surface area contributed by atoms with Crippen molar-refractivity contribution < 1.29 is 22.7 Å². The van der Waals surface area contributed by atoms with Crippen LogP contribution in [0.3, 0.4) is 0 Å². The normalized spacial score (nSPS) is 14.9. The fourth-order valence-corrected chi connectivity index (χ4v) is 4.41. The Kier molecular flexibility index (Phi) is 6.81. The Hall–Kier alpha value is -2.71. The lowest BCUT2D eigenvalue weighted by molar-refractivity contribution is -0.123. The zero-order valence-electron chi connectivity index (χ0n) is 18.1. The second-order valence-electron chi connectivity index (χ2n) is 8.15. The van der Waals surface area contributed by atoms with Crippen LogP contribution in [0.2, 0.25) is 0 Å². The second kappa shape index (κ2) is 9.20. The Balaban J connectivity index is 1.64. The Bertz CT molecular complexity index is 1070. The lowest BCUT2D eigenvalue weighted by atomic mass is 9.98. The predicted molar refractivity (Wildman–Crippen MR) is 119 cm³/mol. The second-order valence-corrected chi connectivity index (χ2v) is 9.86. The van der Waals surface area contributed by atoms with Crippen LogP contribution in [-0.4, -0.2) is 32.4 Å². The average Bonchev–Trinajstić information content (AvgIpc) is 3.52. The van der Waals surface area contributed by atoms with Crippen LogP contribution in [0.1, 0.15) is 61.0 Å². The molecule has 1 unspecified atom stereocenters. The summed E-state index contributed by atoms with van der Waals surface area (Å²) in [5.41, 5.74) is 2.82. The number of hydrogen-bond donors (Lipinski definition) is 2. The summed E-state index contributed by atoms with van der Waals surface area (Å²) < 4.78 is 32.3. The number of para-hydroxylation sites is 1. The maximum Gasteiger partial charge on any atom is 0.338 e. The molecule has 1 fully saturated rings. The highest BCUT2D eigenvalue weighted by Crippen LogP contribution is 2.27. The van der Waals surface area contributed by atoms with Gasteiger partial charge in [-0.05, 0) is 68.0 Å². The lowest BCUT2D eigenvalue weighted by Gasteiger charge is -2.19. The van der Waals surface area contributed by atoms with Crippen molar-refractivity contribution in [3.05, 3.63) is 59.2 Å². The standard InChI is InChI=1S/C23H28N2O5S/c1-14(2)20-7-5-6-15(3)21(20)24-22(26)16(4)30-23(27)17-8-12-19(13-9-17)31(28,29)25-18-10-11-18/h5-9,12-14,16,18,25H,10-11H2,1-4H3,(H,24,26). The smallest absolute Gasteiger partial charge is 0.338 e. The van der Waals surface area contributed by atoms with Gasteiger partial charge in [0.05, 0.1) is 10.5 Å². The molecule has 1 saturated carbocycles. The summed E-state index contributed by atoms with van der Waals surface area (Å²) in [5.74, 6) is -0.912. The first-order chi connectivity index (χ1) is 14.6. The maximum absolute atomic E-state index is 12.6. The topological polar surface area (TPSA) is 102 Å². The van der Waals surface area contributed by atoms with Crippen molar-refractivity contribution in [3.63, 3.8) is 0 Å². The van der Waals surface area contributed by atoms with Gasteiger partial charge in [-0.25, -0.2) is 17.9 Å². The van der Waals surface area contributed by atoms with E-state index >= 15 is 0 Å². The quantitative estimate of drug-likeness (QED) is 0.604. The molecule has 1 aliphatic rings. The molecule has 7 nitrogen and oxygen atoms in total. The summed E-state index contributed by atoms with van der Waals surface area (Å²) in [4.78, 5) is 25.1. The van der Waals surface area contributed by atoms with E-state index in [0.29, 0.717) is 0 Å². The Labute approximate surface area is 183 Å². The average molecular weight is 445 g/mol. The molecule has 31 heavy (non-hydrogen) atoms. The highest BCUT2D eigenvalue weighted by Gasteiger charge is 2.28. The number of rotatable bonds is 8. The highest BCUT2D eigenvalue weighted by molar-refractivity contribution is 7.89. The molecule has 1 aliphatic carbocycles. The van der Waals surface area contributed by atoms with Gasteiger partial charge in [-0.2, -0.15) is 0 Å². The summed E-state index contributed by atoms with van der Waals surface area (Å²) in [6, 6.07) is 11.3. The van der Waals surface area contributed by atoms with E-state index in [-0.39, 0.29) is 22.4 Å². The van der Waals surface area contributed by atoms with Crippen molar-refractivity contribution in [1.29, 1.82) is 0 Å². The van der Waals surface area contributed by atoms with Gasteiger partial charge in [0.1, 0.15) is 0 Å². The van der Waals surface area contributed by atoms with E-state index in [2.05, 4.69) is 10.0 Å². The molecule has 0 heterocycles. The van der Waals surface area contributed by atoms with E-state index in [1.165, 1.54) is 31.2 Å². The molecular formula is C23H28N2O5S. The third-order valence-electron chi connectivity index (χ3n) is 5.13. The number of hydrogen-bond acceptors (Lipinski definition) is 5. The summed E-state index contributed by atoms with van der Waals surface area (Å²) >= 11 is 0. The molecule has 1 atom stereocenters. The van der Waals surface area contributed by atoms with Gasteiger partial charge in [0.2, 0.25) is 10.0 Å². The van der Waals surface area contributed by atoms with Gasteiger partial charge in [0.25, 0.3) is 5.91 Å². The Morgan fingerprint density at radius 2 is 1.68 bits per heavy atom. The molecule has 0 saturated heterocycles. The number of benzene rings is 2. The van der Waals surface area contributed by atoms with Crippen LogP contribution in [0.15, 0.2) is 47.4 Å². The van der Waals surface area contributed by atoms with Gasteiger partial charge in [-0.15, -0.1) is 0 Å². The minimum atomic E-state index is -3.59. The number of amides is 1. The number of carbonyl (C=O) groups excluding carboxylic acids is 2. The van der Waals surface area contributed by atoms with Crippen molar-refractivity contribution in [2.24, 2.45) is 0 Å². The van der Waals surface area contributed by atoms with Gasteiger partial charge in [0, 0.05) is 11.7 Å². The van der Waals surface area contributed by atoms with Gasteiger partial charge in [-0.1, -0.05) is 32.0 Å². The van der Waals surface area contributed by atoms with Crippen LogP contribution < -0.4 is 10.0 Å². The zero-order chi connectivity index (χ0) is 22.8. The van der Waals surface area contributed by atoms with E-state index in [1.807, 2.05) is 39.0 Å². The number of aryl methyl sites for hydroxylation is 1. The first kappa shape index (κ1) is 23.0. The van der Waals surface area contributed by atoms with Crippen LogP contribution in [0.25, 0.3) is 0 Å². The number of esters is 1. The minimum absolute atomic E-state index is 0.00142. The molecule has 166 valence electrons. The predicted octanol–water partition coefficient (Wildman–Crippen LogP) is 3.74. The largest absolute Gasteiger partial charge is 0.449 e. The summed E-state index contributed by atoms with van der Waals surface area (Å²) in [7, 11) is -3.59. The highest BCUT2D eigenvalue weighted by atomic mass is 32.2. The molecule has 8 heteroatoms. The SMILES string of the molecule is Cc1cccc(C(C)C)c1NC(=O)C(C)OC(=O)c1ccc(S(=O)(=O)NC2CC2)cc1. The minimum Gasteiger partial charge on any atom is -0.449 e. The van der Waals surface area contributed by atoms with Crippen molar-refractivity contribution in [2.75, 3.05) is 5.32 Å². The van der Waals surface area contributed by atoms with E-state index in [1.54, 1.807) is 0 Å². The van der Waals surface area contributed by atoms with Crippen LogP contribution in [0.4, 0.5) is 5.69 Å². The molecule has 2 aromatic rings. The monoisotopic (exact) mass is 444 g/mol. The molecule has 0 aromatic heterocycles. The van der Waals surface area contributed by atoms with Crippen LogP contribution in [-0.2, 0) is 19.6 Å². The third kappa shape index (κ3) is 5.71. The van der Waals surface area contributed by atoms with E-state index < -0.39 is 28.0 Å². The lowest BCUT2D eigenvalue weighted by Crippen LogP contribution is -2.30. The fraction of sp³-hybridized carbons (Fsp3) is 0.391. The van der Waals surface area contributed by atoms with Crippen molar-refractivity contribution >= 4 is 27.6 Å². The van der Waals surface area contributed by atoms with E-state index in [0.717, 1.165) is 29.7 Å². The van der Waals surface area contributed by atoms with Crippen molar-refractivity contribution in [2.45, 2.75) is 63.5 Å². The molecule has 2 aromatic carbocycles. The first-order valence-electron chi connectivity index (χ1n) is 10.3. The van der Waals surface area contributed by atoms with E-state index in [4.69, 9.17) is 4.74 Å². The molecular weight excluding hydrogens is 416 g/mol. The molecule has 0 spiro atoms. The summed E-state index contributed by atoms with van der Waals surface area (Å²) in [6.07, 6.45) is 0.655. The van der Waals surface area contributed by atoms with Crippen LogP contribution in [0.5, 0.6) is 0 Å². The zero-order valence-corrected chi connectivity index (χ0v) is 19.0. The number of ether oxygens (including phenoxy) is 1. The molecule has 3 rings (SSSR count). The number of sulfonamides is 1. The molecule has 0 radical (unpaired) electrons. The van der Waals surface area contributed by atoms with Crippen molar-refractivity contribution in [1.82, 2.24) is 4.72 Å². The van der Waals surface area contributed by atoms with Crippen LogP contribution >= 0.6 is 0 Å². The molecule has 1 amide bonds. The number of anilines is 1. The van der Waals surface area contributed by atoms with Gasteiger partial charge in [-0.3, -0.25) is 4.79 Å². The molecule has 0 bridgehead atoms. The first-order valence-corrected chi connectivity index (χ1v) is 11.8. The third-order valence-corrected chi connectivity index (χ3v) is 6.66. The van der Waals surface area contributed by atoms with Crippen LogP contribution in [0, 0.1) is 6.92 Å². The number of carbonyl (C=O) groups is 2. The Morgan fingerprint density at radius 3 is 2.26 bits per heavy atom. The van der Waals surface area contributed by atoms with E-state index in [9.17, 15) is 18.0 Å².